The molecule has 20 heavy (non-hydrogen) atoms. The zero-order valence-electron chi connectivity index (χ0n) is 10.8. The lowest BCUT2D eigenvalue weighted by molar-refractivity contribution is -0.0608. The number of hydrogen-bond donors (Lipinski definition) is 0. The maximum absolute atomic E-state index is 5.97. The van der Waals surface area contributed by atoms with Crippen LogP contribution in [0.2, 0.25) is 0 Å². The van der Waals surface area contributed by atoms with Gasteiger partial charge in [-0.3, -0.25) is 0 Å². The third-order valence-electron chi connectivity index (χ3n) is 3.53. The maximum Gasteiger partial charge on any atom is 0.231 e. The number of fused-ring (bicyclic) bond motifs is 1. The smallest absolute Gasteiger partial charge is 0.231 e. The quantitative estimate of drug-likeness (QED) is 0.839. The molecule has 2 aromatic carbocycles. The summed E-state index contributed by atoms with van der Waals surface area (Å²) in [6.07, 6.45) is -0.374. The van der Waals surface area contributed by atoms with Crippen LogP contribution >= 0.6 is 0 Å². The van der Waals surface area contributed by atoms with Gasteiger partial charge >= 0.3 is 0 Å². The molecule has 2 heterocycles. The lowest BCUT2D eigenvalue weighted by atomic mass is 10.1. The largest absolute Gasteiger partial charge is 0.454 e. The summed E-state index contributed by atoms with van der Waals surface area (Å²) in [5.41, 5.74) is 2.09. The molecular formula is C16H14O4. The number of rotatable bonds is 2. The molecule has 0 radical (unpaired) electrons. The van der Waals surface area contributed by atoms with Crippen LogP contribution in [0.3, 0.4) is 0 Å². The van der Waals surface area contributed by atoms with Gasteiger partial charge in [0.2, 0.25) is 6.79 Å². The van der Waals surface area contributed by atoms with Crippen molar-refractivity contribution < 1.29 is 18.9 Å². The van der Waals surface area contributed by atoms with Crippen LogP contribution < -0.4 is 9.47 Å². The molecule has 0 aliphatic carbocycles. The molecule has 0 unspecified atom stereocenters. The highest BCUT2D eigenvalue weighted by atomic mass is 16.7. The van der Waals surface area contributed by atoms with Crippen LogP contribution in [0.25, 0.3) is 0 Å². The van der Waals surface area contributed by atoms with Crippen LogP contribution in [-0.2, 0) is 9.47 Å². The first-order valence-corrected chi connectivity index (χ1v) is 6.62. The van der Waals surface area contributed by atoms with Crippen molar-refractivity contribution in [3.05, 3.63) is 59.7 Å². The van der Waals surface area contributed by atoms with Gasteiger partial charge in [-0.2, -0.15) is 0 Å². The third-order valence-corrected chi connectivity index (χ3v) is 3.53. The highest BCUT2D eigenvalue weighted by Crippen LogP contribution is 2.39. The van der Waals surface area contributed by atoms with Gasteiger partial charge < -0.3 is 18.9 Å². The number of benzene rings is 2. The lowest BCUT2D eigenvalue weighted by Crippen LogP contribution is -2.00. The second-order valence-corrected chi connectivity index (χ2v) is 4.81. The molecule has 0 saturated carbocycles. The van der Waals surface area contributed by atoms with Crippen molar-refractivity contribution >= 4 is 0 Å². The van der Waals surface area contributed by atoms with Gasteiger partial charge in [-0.15, -0.1) is 0 Å². The van der Waals surface area contributed by atoms with Gasteiger partial charge in [-0.25, -0.2) is 0 Å². The van der Waals surface area contributed by atoms with Crippen LogP contribution in [0.1, 0.15) is 23.5 Å². The van der Waals surface area contributed by atoms with Crippen molar-refractivity contribution in [2.45, 2.75) is 12.4 Å². The fourth-order valence-electron chi connectivity index (χ4n) is 2.48. The standard InChI is InChI=1S/C16H14O4/c1-2-4-11(5-3-1)15-9-17-16(20-15)12-6-7-13-14(8-12)19-10-18-13/h1-8,15-16H,9-10H2/t15-,16+/m0/s1. The Morgan fingerprint density at radius 3 is 2.60 bits per heavy atom. The van der Waals surface area contributed by atoms with Crippen molar-refractivity contribution in [3.63, 3.8) is 0 Å². The summed E-state index contributed by atoms with van der Waals surface area (Å²) in [5, 5.41) is 0. The Bertz CT molecular complexity index is 611. The van der Waals surface area contributed by atoms with Gasteiger partial charge in [-0.05, 0) is 23.8 Å². The molecule has 0 aromatic heterocycles. The Kier molecular flexibility index (Phi) is 2.83. The Hall–Kier alpha value is -2.04. The molecule has 102 valence electrons. The zero-order chi connectivity index (χ0) is 13.4. The molecule has 1 saturated heterocycles. The van der Waals surface area contributed by atoms with E-state index in [1.807, 2.05) is 36.4 Å². The first-order valence-electron chi connectivity index (χ1n) is 6.62. The number of hydrogen-bond acceptors (Lipinski definition) is 4. The topological polar surface area (TPSA) is 36.9 Å². The molecule has 0 N–H and O–H groups in total. The molecule has 0 spiro atoms. The van der Waals surface area contributed by atoms with E-state index in [2.05, 4.69) is 12.1 Å². The molecule has 4 heteroatoms. The fraction of sp³-hybridized carbons (Fsp3) is 0.250. The predicted molar refractivity (Wildman–Crippen MR) is 71.5 cm³/mol. The summed E-state index contributed by atoms with van der Waals surface area (Å²) in [6, 6.07) is 15.9. The van der Waals surface area contributed by atoms with E-state index in [4.69, 9.17) is 18.9 Å². The highest BCUT2D eigenvalue weighted by molar-refractivity contribution is 5.44. The molecule has 1 fully saturated rings. The van der Waals surface area contributed by atoms with E-state index in [-0.39, 0.29) is 19.2 Å². The van der Waals surface area contributed by atoms with Gasteiger partial charge in [0.25, 0.3) is 0 Å². The molecule has 2 atom stereocenters. The molecule has 2 aliphatic rings. The van der Waals surface area contributed by atoms with Crippen LogP contribution in [-0.4, -0.2) is 13.4 Å². The molecule has 2 aromatic rings. The molecule has 4 nitrogen and oxygen atoms in total. The second-order valence-electron chi connectivity index (χ2n) is 4.81. The summed E-state index contributed by atoms with van der Waals surface area (Å²) in [6.45, 7) is 0.834. The Labute approximate surface area is 116 Å². The Morgan fingerprint density at radius 2 is 1.70 bits per heavy atom. The van der Waals surface area contributed by atoms with Crippen molar-refractivity contribution in [3.8, 4) is 11.5 Å². The SMILES string of the molecule is c1ccc([C@@H]2CO[C@@H](c3ccc4c(c3)OCO4)O2)cc1. The van der Waals surface area contributed by atoms with Crippen molar-refractivity contribution in [1.29, 1.82) is 0 Å². The Balaban J connectivity index is 1.54. The monoisotopic (exact) mass is 270 g/mol. The van der Waals surface area contributed by atoms with Crippen molar-refractivity contribution in [2.75, 3.05) is 13.4 Å². The average molecular weight is 270 g/mol. The first kappa shape index (κ1) is 11.8. The van der Waals surface area contributed by atoms with E-state index in [0.717, 1.165) is 22.6 Å². The first-order chi connectivity index (χ1) is 9.90. The van der Waals surface area contributed by atoms with Gasteiger partial charge in [0.05, 0.1) is 6.61 Å². The normalized spacial score (nSPS) is 24.0. The highest BCUT2D eigenvalue weighted by Gasteiger charge is 2.29. The minimum Gasteiger partial charge on any atom is -0.454 e. The molecule has 4 rings (SSSR count). The third kappa shape index (κ3) is 2.03. The lowest BCUT2D eigenvalue weighted by Gasteiger charge is -2.12. The van der Waals surface area contributed by atoms with Gasteiger partial charge in [0.1, 0.15) is 6.10 Å². The molecule has 0 bridgehead atoms. The summed E-state index contributed by atoms with van der Waals surface area (Å²) >= 11 is 0. The summed E-state index contributed by atoms with van der Waals surface area (Å²) < 4.78 is 22.4. The molecule has 2 aliphatic heterocycles. The Morgan fingerprint density at radius 1 is 0.850 bits per heavy atom. The van der Waals surface area contributed by atoms with E-state index in [0.29, 0.717) is 6.61 Å². The zero-order valence-corrected chi connectivity index (χ0v) is 10.8. The van der Waals surface area contributed by atoms with Crippen molar-refractivity contribution in [1.82, 2.24) is 0 Å². The van der Waals surface area contributed by atoms with E-state index in [1.54, 1.807) is 0 Å². The minimum atomic E-state index is -0.352. The van der Waals surface area contributed by atoms with E-state index < -0.39 is 0 Å². The van der Waals surface area contributed by atoms with Gasteiger partial charge in [0, 0.05) is 5.56 Å². The summed E-state index contributed by atoms with van der Waals surface area (Å²) in [5.74, 6) is 1.52. The van der Waals surface area contributed by atoms with Crippen LogP contribution in [0.5, 0.6) is 11.5 Å². The summed E-state index contributed by atoms with van der Waals surface area (Å²) in [7, 11) is 0. The maximum atomic E-state index is 5.97. The average Bonchev–Trinajstić information content (AvgIpc) is 3.16. The molecule has 0 amide bonds. The van der Waals surface area contributed by atoms with Crippen LogP contribution in [0.4, 0.5) is 0 Å². The summed E-state index contributed by atoms with van der Waals surface area (Å²) in [4.78, 5) is 0. The van der Waals surface area contributed by atoms with E-state index >= 15 is 0 Å². The van der Waals surface area contributed by atoms with E-state index in [9.17, 15) is 0 Å². The van der Waals surface area contributed by atoms with Gasteiger partial charge in [-0.1, -0.05) is 30.3 Å². The van der Waals surface area contributed by atoms with Crippen molar-refractivity contribution in [2.24, 2.45) is 0 Å². The number of ether oxygens (including phenoxy) is 4. The van der Waals surface area contributed by atoms with Crippen LogP contribution in [0, 0.1) is 0 Å². The predicted octanol–water partition coefficient (Wildman–Crippen LogP) is 3.20. The molecular weight excluding hydrogens is 256 g/mol. The fourth-order valence-corrected chi connectivity index (χ4v) is 2.48. The van der Waals surface area contributed by atoms with Gasteiger partial charge in [0.15, 0.2) is 17.8 Å². The van der Waals surface area contributed by atoms with E-state index in [1.165, 1.54) is 0 Å². The van der Waals surface area contributed by atoms with Crippen LogP contribution in [0.15, 0.2) is 48.5 Å². The second kappa shape index (κ2) is 4.81. The minimum absolute atomic E-state index is 0.0216.